The summed E-state index contributed by atoms with van der Waals surface area (Å²) in [5.74, 6) is -1.24. The minimum absolute atomic E-state index is 0.0337. The molecule has 0 bridgehead atoms. The van der Waals surface area contributed by atoms with Gasteiger partial charge < -0.3 is 53.6 Å². The summed E-state index contributed by atoms with van der Waals surface area (Å²) in [6.07, 6.45) is -7.77. The van der Waals surface area contributed by atoms with Crippen LogP contribution in [0.2, 0.25) is 0 Å². The summed E-state index contributed by atoms with van der Waals surface area (Å²) in [6, 6.07) is 5.15. The molecule has 1 fully saturated rings. The second-order valence-corrected chi connectivity index (χ2v) is 8.10. The highest BCUT2D eigenvalue weighted by atomic mass is 16.7. The molecule has 0 saturated carbocycles. The van der Waals surface area contributed by atoms with E-state index in [4.69, 9.17) is 33.2 Å². The van der Waals surface area contributed by atoms with Gasteiger partial charge in [0.2, 0.25) is 36.1 Å². The molecule has 2 aliphatic heterocycles. The smallest absolute Gasteiger partial charge is 0.233 e. The van der Waals surface area contributed by atoms with Gasteiger partial charge >= 0.3 is 0 Å². The van der Waals surface area contributed by atoms with Crippen molar-refractivity contribution >= 4 is 11.6 Å². The highest BCUT2D eigenvalue weighted by Crippen LogP contribution is 2.44. The van der Waals surface area contributed by atoms with Crippen molar-refractivity contribution in [3.63, 3.8) is 0 Å². The number of fused-ring (bicyclic) bond motifs is 1. The molecular formula is C24H26O13. The Kier molecular flexibility index (Phi) is 7.71. The molecule has 0 aliphatic carbocycles. The van der Waals surface area contributed by atoms with Gasteiger partial charge in [-0.05, 0) is 24.3 Å². The zero-order valence-electron chi connectivity index (χ0n) is 20.1. The minimum atomic E-state index is -1.71. The molecule has 2 aromatic rings. The third-order valence-corrected chi connectivity index (χ3v) is 5.93. The average molecular weight is 522 g/mol. The van der Waals surface area contributed by atoms with E-state index in [0.29, 0.717) is 0 Å². The fourth-order valence-corrected chi connectivity index (χ4v) is 3.96. The number of ketones is 2. The average Bonchev–Trinajstić information content (AvgIpc) is 3.40. The third-order valence-electron chi connectivity index (χ3n) is 5.93. The van der Waals surface area contributed by atoms with Crippen LogP contribution < -0.4 is 28.4 Å². The number of hydrogen-bond donors (Lipinski definition) is 4. The Labute approximate surface area is 210 Å². The van der Waals surface area contributed by atoms with Gasteiger partial charge in [0.15, 0.2) is 23.0 Å². The van der Waals surface area contributed by atoms with E-state index < -0.39 is 48.9 Å². The quantitative estimate of drug-likeness (QED) is 0.249. The monoisotopic (exact) mass is 522 g/mol. The fraction of sp³-hybridized carbons (Fsp3) is 0.417. The minimum Gasteiger partial charge on any atom is -0.493 e. The molecule has 0 radical (unpaired) electrons. The maximum Gasteiger partial charge on any atom is 0.233 e. The van der Waals surface area contributed by atoms with E-state index in [1.165, 1.54) is 45.6 Å². The van der Waals surface area contributed by atoms with Crippen molar-refractivity contribution in [2.45, 2.75) is 30.7 Å². The van der Waals surface area contributed by atoms with Gasteiger partial charge in [-0.15, -0.1) is 0 Å². The van der Waals surface area contributed by atoms with Crippen LogP contribution in [0.5, 0.6) is 34.5 Å². The summed E-state index contributed by atoms with van der Waals surface area (Å²) in [4.78, 5) is 26.3. The number of methoxy groups -OCH3 is 3. The van der Waals surface area contributed by atoms with E-state index in [0.717, 1.165) is 0 Å². The van der Waals surface area contributed by atoms with Crippen molar-refractivity contribution in [2.24, 2.45) is 0 Å². The number of carbonyl (C=O) groups is 2. The number of ether oxygens (including phenoxy) is 7. The SMILES string of the molecule is COc1cc(C(=O)C(=O)c2cc3c(c(O[C@@H]4O[C@H](CO)[C@@H](O)[C@H](O)[C@H]4O)c2)OCO3)cc(OC)c1OC. The Balaban J connectivity index is 1.66. The normalized spacial score (nSPS) is 24.4. The Hall–Kier alpha value is -3.62. The van der Waals surface area contributed by atoms with Gasteiger partial charge in [-0.1, -0.05) is 0 Å². The molecule has 4 N–H and O–H groups in total. The number of rotatable bonds is 9. The van der Waals surface area contributed by atoms with Crippen LogP contribution in [-0.4, -0.2) is 97.4 Å². The molecule has 37 heavy (non-hydrogen) atoms. The van der Waals surface area contributed by atoms with Crippen molar-refractivity contribution in [1.82, 2.24) is 0 Å². The van der Waals surface area contributed by atoms with Gasteiger partial charge in [0.1, 0.15) is 24.4 Å². The molecule has 200 valence electrons. The largest absolute Gasteiger partial charge is 0.493 e. The summed E-state index contributed by atoms with van der Waals surface area (Å²) in [5.41, 5.74) is -0.170. The van der Waals surface area contributed by atoms with Gasteiger partial charge in [0.05, 0.1) is 27.9 Å². The van der Waals surface area contributed by atoms with Gasteiger partial charge in [0.25, 0.3) is 0 Å². The van der Waals surface area contributed by atoms with Crippen molar-refractivity contribution in [1.29, 1.82) is 0 Å². The van der Waals surface area contributed by atoms with Crippen LogP contribution in [0.3, 0.4) is 0 Å². The molecule has 2 aliphatic rings. The molecule has 2 heterocycles. The Morgan fingerprint density at radius 1 is 0.838 bits per heavy atom. The molecule has 0 spiro atoms. The van der Waals surface area contributed by atoms with Crippen LogP contribution in [0.15, 0.2) is 24.3 Å². The maximum absolute atomic E-state index is 13.2. The standard InChI is InChI=1S/C24H26O13/c1-31-12-4-10(5-13(32-2)22(12)33-3)17(26)18(27)11-6-14-23(35-9-34-14)15(7-11)36-24-21(30)20(29)19(28)16(8-25)37-24/h4-7,16,19-21,24-25,28-30H,8-9H2,1-3H3/t16-,19-,20+,21-,24-/m1/s1. The summed E-state index contributed by atoms with van der Waals surface area (Å²) < 4.78 is 37.5. The zero-order valence-corrected chi connectivity index (χ0v) is 20.1. The van der Waals surface area contributed by atoms with Crippen molar-refractivity contribution in [2.75, 3.05) is 34.7 Å². The highest BCUT2D eigenvalue weighted by molar-refractivity contribution is 6.49. The lowest BCUT2D eigenvalue weighted by Gasteiger charge is -2.39. The first-order valence-corrected chi connectivity index (χ1v) is 11.0. The van der Waals surface area contributed by atoms with Crippen molar-refractivity contribution in [3.8, 4) is 34.5 Å². The van der Waals surface area contributed by atoms with Crippen LogP contribution in [0.25, 0.3) is 0 Å². The summed E-state index contributed by atoms with van der Waals surface area (Å²) in [7, 11) is 4.14. The van der Waals surface area contributed by atoms with E-state index in [1.807, 2.05) is 0 Å². The molecule has 5 atom stereocenters. The van der Waals surface area contributed by atoms with Gasteiger partial charge in [-0.3, -0.25) is 9.59 Å². The molecule has 13 nitrogen and oxygen atoms in total. The third kappa shape index (κ3) is 4.86. The van der Waals surface area contributed by atoms with E-state index in [1.54, 1.807) is 0 Å². The number of aliphatic hydroxyl groups is 4. The van der Waals surface area contributed by atoms with Crippen molar-refractivity contribution in [3.05, 3.63) is 35.4 Å². The second kappa shape index (κ2) is 10.8. The lowest BCUT2D eigenvalue weighted by atomic mass is 9.99. The van der Waals surface area contributed by atoms with Gasteiger partial charge in [-0.25, -0.2) is 0 Å². The fourth-order valence-electron chi connectivity index (χ4n) is 3.96. The summed E-state index contributed by atoms with van der Waals surface area (Å²) in [6.45, 7) is -0.872. The first-order valence-electron chi connectivity index (χ1n) is 11.0. The number of aliphatic hydroxyl groups excluding tert-OH is 4. The maximum atomic E-state index is 13.2. The molecular weight excluding hydrogens is 496 g/mol. The Morgan fingerprint density at radius 3 is 2.00 bits per heavy atom. The van der Waals surface area contributed by atoms with Crippen LogP contribution >= 0.6 is 0 Å². The van der Waals surface area contributed by atoms with E-state index >= 15 is 0 Å². The van der Waals surface area contributed by atoms with E-state index in [9.17, 15) is 30.0 Å². The van der Waals surface area contributed by atoms with Crippen LogP contribution in [0.1, 0.15) is 20.7 Å². The molecule has 0 amide bonds. The summed E-state index contributed by atoms with van der Waals surface area (Å²) in [5, 5.41) is 39.8. The van der Waals surface area contributed by atoms with E-state index in [-0.39, 0.29) is 52.4 Å². The summed E-state index contributed by atoms with van der Waals surface area (Å²) >= 11 is 0. The Morgan fingerprint density at radius 2 is 1.43 bits per heavy atom. The lowest BCUT2D eigenvalue weighted by Crippen LogP contribution is -2.60. The number of Topliss-reactive ketones (excluding diaryl/α,β-unsaturated/α-hetero) is 2. The zero-order chi connectivity index (χ0) is 26.9. The molecule has 4 rings (SSSR count). The number of hydrogen-bond acceptors (Lipinski definition) is 13. The van der Waals surface area contributed by atoms with Crippen LogP contribution in [0, 0.1) is 0 Å². The van der Waals surface area contributed by atoms with Crippen LogP contribution in [0.4, 0.5) is 0 Å². The molecule has 0 aromatic heterocycles. The van der Waals surface area contributed by atoms with Crippen LogP contribution in [-0.2, 0) is 4.74 Å². The lowest BCUT2D eigenvalue weighted by molar-refractivity contribution is -0.277. The van der Waals surface area contributed by atoms with Crippen molar-refractivity contribution < 1.29 is 63.2 Å². The predicted molar refractivity (Wildman–Crippen MR) is 122 cm³/mol. The first-order chi connectivity index (χ1) is 17.7. The molecule has 13 heteroatoms. The Bertz CT molecular complexity index is 1150. The number of benzene rings is 2. The topological polar surface area (TPSA) is 180 Å². The predicted octanol–water partition coefficient (Wildman–Crippen LogP) is -0.315. The highest BCUT2D eigenvalue weighted by Gasteiger charge is 2.45. The second-order valence-electron chi connectivity index (χ2n) is 8.10. The van der Waals surface area contributed by atoms with E-state index in [2.05, 4.69) is 0 Å². The van der Waals surface area contributed by atoms with Gasteiger partial charge in [-0.2, -0.15) is 0 Å². The molecule has 0 unspecified atom stereocenters. The molecule has 1 saturated heterocycles. The first kappa shape index (κ1) is 26.4. The number of carbonyl (C=O) groups excluding carboxylic acids is 2. The van der Waals surface area contributed by atoms with Gasteiger partial charge in [0, 0.05) is 11.1 Å². The molecule has 2 aromatic carbocycles.